The monoisotopic (exact) mass is 255 g/mol. The van der Waals surface area contributed by atoms with Crippen molar-refractivity contribution in [1.29, 1.82) is 0 Å². The van der Waals surface area contributed by atoms with E-state index in [1.54, 1.807) is 6.92 Å². The number of hydrogen-bond acceptors (Lipinski definition) is 5. The lowest BCUT2D eigenvalue weighted by molar-refractivity contribution is -0.141. The van der Waals surface area contributed by atoms with Gasteiger partial charge in [0.1, 0.15) is 6.54 Å². The normalized spacial score (nSPS) is 14.5. The Morgan fingerprint density at radius 1 is 1.53 bits per heavy atom. The molecule has 1 heterocycles. The highest BCUT2D eigenvalue weighted by atomic mass is 35.5. The lowest BCUT2D eigenvalue weighted by atomic mass is 10.5. The largest absolute Gasteiger partial charge is 0.465 e. The van der Waals surface area contributed by atoms with E-state index in [2.05, 4.69) is 9.97 Å². The maximum absolute atomic E-state index is 11.5. The summed E-state index contributed by atoms with van der Waals surface area (Å²) in [5.74, 6) is 0.280. The third-order valence-electron chi connectivity index (χ3n) is 2.46. The standard InChI is InChI=1S/C11H14ClN3O2/c1-2-17-10(16)7-15(9-3-4-9)11-13-5-8(12)6-14-11/h5-6,9H,2-4,7H2,1H3. The molecule has 2 rings (SSSR count). The molecule has 0 aliphatic heterocycles. The van der Waals surface area contributed by atoms with Crippen LogP contribution in [0.5, 0.6) is 0 Å². The van der Waals surface area contributed by atoms with E-state index in [9.17, 15) is 4.79 Å². The summed E-state index contributed by atoms with van der Waals surface area (Å²) in [6.07, 6.45) is 5.19. The first-order valence-corrected chi connectivity index (χ1v) is 5.98. The Morgan fingerprint density at radius 3 is 2.71 bits per heavy atom. The first kappa shape index (κ1) is 12.1. The van der Waals surface area contributed by atoms with Gasteiger partial charge in [-0.3, -0.25) is 4.79 Å². The second kappa shape index (κ2) is 5.31. The van der Waals surface area contributed by atoms with Gasteiger partial charge in [-0.15, -0.1) is 0 Å². The first-order valence-electron chi connectivity index (χ1n) is 5.60. The molecule has 1 fully saturated rings. The number of aromatic nitrogens is 2. The summed E-state index contributed by atoms with van der Waals surface area (Å²) in [7, 11) is 0. The van der Waals surface area contributed by atoms with Gasteiger partial charge in [0.15, 0.2) is 0 Å². The molecule has 0 spiro atoms. The number of rotatable bonds is 5. The quantitative estimate of drug-likeness (QED) is 0.749. The van der Waals surface area contributed by atoms with Crippen molar-refractivity contribution in [2.24, 2.45) is 0 Å². The predicted octanol–water partition coefficient (Wildman–Crippen LogP) is 1.66. The molecule has 5 nitrogen and oxygen atoms in total. The molecule has 1 aromatic rings. The molecule has 1 aliphatic carbocycles. The zero-order valence-corrected chi connectivity index (χ0v) is 10.4. The molecule has 1 aliphatic rings. The molecule has 0 amide bonds. The number of hydrogen-bond donors (Lipinski definition) is 0. The maximum atomic E-state index is 11.5. The topological polar surface area (TPSA) is 55.3 Å². The number of carbonyl (C=O) groups excluding carboxylic acids is 1. The lowest BCUT2D eigenvalue weighted by Crippen LogP contribution is -2.34. The van der Waals surface area contributed by atoms with Gasteiger partial charge in [-0.05, 0) is 19.8 Å². The third kappa shape index (κ3) is 3.30. The van der Waals surface area contributed by atoms with Crippen LogP contribution in [0.3, 0.4) is 0 Å². The minimum absolute atomic E-state index is 0.195. The van der Waals surface area contributed by atoms with Crippen LogP contribution < -0.4 is 4.90 Å². The van der Waals surface area contributed by atoms with Crippen LogP contribution in [0.1, 0.15) is 19.8 Å². The summed E-state index contributed by atoms with van der Waals surface area (Å²) >= 11 is 5.73. The highest BCUT2D eigenvalue weighted by Crippen LogP contribution is 2.29. The fraction of sp³-hybridized carbons (Fsp3) is 0.545. The Balaban J connectivity index is 2.06. The van der Waals surface area contributed by atoms with Crippen molar-refractivity contribution in [3.05, 3.63) is 17.4 Å². The number of halogens is 1. The summed E-state index contributed by atoms with van der Waals surface area (Å²) < 4.78 is 4.93. The van der Waals surface area contributed by atoms with E-state index in [1.165, 1.54) is 12.4 Å². The Labute approximate surface area is 105 Å². The minimum atomic E-state index is -0.252. The molecule has 0 unspecified atom stereocenters. The van der Waals surface area contributed by atoms with Gasteiger partial charge >= 0.3 is 5.97 Å². The second-order valence-electron chi connectivity index (χ2n) is 3.87. The van der Waals surface area contributed by atoms with Crippen molar-refractivity contribution in [3.63, 3.8) is 0 Å². The number of anilines is 1. The zero-order chi connectivity index (χ0) is 12.3. The van der Waals surface area contributed by atoms with Crippen molar-refractivity contribution in [2.45, 2.75) is 25.8 Å². The van der Waals surface area contributed by atoms with Gasteiger partial charge in [-0.1, -0.05) is 11.6 Å². The van der Waals surface area contributed by atoms with Crippen molar-refractivity contribution in [2.75, 3.05) is 18.1 Å². The Kier molecular flexibility index (Phi) is 3.78. The average molecular weight is 256 g/mol. The van der Waals surface area contributed by atoms with Crippen LogP contribution in [-0.2, 0) is 9.53 Å². The molecule has 0 aromatic carbocycles. The zero-order valence-electron chi connectivity index (χ0n) is 9.60. The summed E-state index contributed by atoms with van der Waals surface area (Å²) in [4.78, 5) is 21.6. The summed E-state index contributed by atoms with van der Waals surface area (Å²) in [5, 5.41) is 0.487. The van der Waals surface area contributed by atoms with Crippen LogP contribution in [0.4, 0.5) is 5.95 Å². The van der Waals surface area contributed by atoms with Gasteiger partial charge in [-0.2, -0.15) is 0 Å². The van der Waals surface area contributed by atoms with E-state index in [-0.39, 0.29) is 12.5 Å². The summed E-state index contributed by atoms with van der Waals surface area (Å²) in [5.41, 5.74) is 0. The molecule has 0 bridgehead atoms. The average Bonchev–Trinajstić information content (AvgIpc) is 3.12. The van der Waals surface area contributed by atoms with Gasteiger partial charge in [0.2, 0.25) is 5.95 Å². The van der Waals surface area contributed by atoms with E-state index in [4.69, 9.17) is 16.3 Å². The SMILES string of the molecule is CCOC(=O)CN(c1ncc(Cl)cn1)C1CC1. The van der Waals surface area contributed by atoms with E-state index >= 15 is 0 Å². The van der Waals surface area contributed by atoms with E-state index in [0.29, 0.717) is 23.6 Å². The number of ether oxygens (including phenoxy) is 1. The van der Waals surface area contributed by atoms with Crippen molar-refractivity contribution in [3.8, 4) is 0 Å². The van der Waals surface area contributed by atoms with E-state index in [0.717, 1.165) is 12.8 Å². The van der Waals surface area contributed by atoms with Gasteiger partial charge in [-0.25, -0.2) is 9.97 Å². The van der Waals surface area contributed by atoms with Gasteiger partial charge in [0.05, 0.1) is 24.0 Å². The smallest absolute Gasteiger partial charge is 0.325 e. The molecule has 0 radical (unpaired) electrons. The molecule has 0 N–H and O–H groups in total. The van der Waals surface area contributed by atoms with Crippen LogP contribution >= 0.6 is 11.6 Å². The fourth-order valence-corrected chi connectivity index (χ4v) is 1.65. The molecule has 92 valence electrons. The number of carbonyl (C=O) groups is 1. The molecule has 0 saturated heterocycles. The highest BCUT2D eigenvalue weighted by Gasteiger charge is 2.32. The number of esters is 1. The van der Waals surface area contributed by atoms with Crippen LogP contribution in [-0.4, -0.2) is 35.1 Å². The maximum Gasteiger partial charge on any atom is 0.325 e. The number of nitrogens with zero attached hydrogens (tertiary/aromatic N) is 3. The van der Waals surface area contributed by atoms with Gasteiger partial charge < -0.3 is 9.64 Å². The van der Waals surface area contributed by atoms with E-state index < -0.39 is 0 Å². The minimum Gasteiger partial charge on any atom is -0.465 e. The highest BCUT2D eigenvalue weighted by molar-refractivity contribution is 6.30. The summed E-state index contributed by atoms with van der Waals surface area (Å²) in [6.45, 7) is 2.37. The van der Waals surface area contributed by atoms with Crippen molar-refractivity contribution in [1.82, 2.24) is 9.97 Å². The second-order valence-corrected chi connectivity index (χ2v) is 4.30. The molecular weight excluding hydrogens is 242 g/mol. The summed E-state index contributed by atoms with van der Waals surface area (Å²) in [6, 6.07) is 0.348. The molecule has 0 atom stereocenters. The molecular formula is C11H14ClN3O2. The van der Waals surface area contributed by atoms with Gasteiger partial charge in [0, 0.05) is 6.04 Å². The molecule has 6 heteroatoms. The van der Waals surface area contributed by atoms with Gasteiger partial charge in [0.25, 0.3) is 0 Å². The Hall–Kier alpha value is -1.36. The Bertz CT molecular complexity index is 392. The molecule has 1 saturated carbocycles. The van der Waals surface area contributed by atoms with E-state index in [1.807, 2.05) is 4.90 Å². The van der Waals surface area contributed by atoms with Crippen LogP contribution in [0.25, 0.3) is 0 Å². The van der Waals surface area contributed by atoms with Crippen LogP contribution in [0.15, 0.2) is 12.4 Å². The fourth-order valence-electron chi connectivity index (χ4n) is 1.55. The van der Waals surface area contributed by atoms with Crippen molar-refractivity contribution < 1.29 is 9.53 Å². The van der Waals surface area contributed by atoms with Crippen molar-refractivity contribution >= 4 is 23.5 Å². The predicted molar refractivity (Wildman–Crippen MR) is 64.0 cm³/mol. The molecule has 17 heavy (non-hydrogen) atoms. The van der Waals surface area contributed by atoms with Crippen LogP contribution in [0, 0.1) is 0 Å². The first-order chi connectivity index (χ1) is 8.20. The molecule has 1 aromatic heterocycles. The Morgan fingerprint density at radius 2 is 2.18 bits per heavy atom. The van der Waals surface area contributed by atoms with Crippen LogP contribution in [0.2, 0.25) is 5.02 Å². The third-order valence-corrected chi connectivity index (χ3v) is 2.65. The lowest BCUT2D eigenvalue weighted by Gasteiger charge is -2.20.